The number of halogens is 1. The summed E-state index contributed by atoms with van der Waals surface area (Å²) in [7, 11) is 3.58. The van der Waals surface area contributed by atoms with Crippen LogP contribution in [0.5, 0.6) is 5.75 Å². The molecule has 1 fully saturated rings. The van der Waals surface area contributed by atoms with Gasteiger partial charge in [-0.15, -0.1) is 0 Å². The molecular formula is C23H31ClN6O2. The van der Waals surface area contributed by atoms with Crippen LogP contribution < -0.4 is 15.4 Å². The van der Waals surface area contributed by atoms with Crippen LogP contribution in [-0.4, -0.2) is 60.4 Å². The van der Waals surface area contributed by atoms with Crippen molar-refractivity contribution in [1.82, 2.24) is 14.9 Å². The maximum absolute atomic E-state index is 9.82. The molecule has 1 aromatic carbocycles. The van der Waals surface area contributed by atoms with Crippen molar-refractivity contribution in [3.05, 3.63) is 39.7 Å². The van der Waals surface area contributed by atoms with Crippen molar-refractivity contribution in [3.8, 4) is 11.8 Å². The Balaban J connectivity index is 2.07. The molecule has 0 bridgehead atoms. The lowest BCUT2D eigenvalue weighted by atomic mass is 9.85. The molecule has 0 spiro atoms. The molecule has 0 radical (unpaired) electrons. The smallest absolute Gasteiger partial charge is 0.137 e. The number of methoxy groups -OCH3 is 1. The van der Waals surface area contributed by atoms with Gasteiger partial charge in [0.2, 0.25) is 0 Å². The van der Waals surface area contributed by atoms with Gasteiger partial charge in [-0.25, -0.2) is 9.97 Å². The summed E-state index contributed by atoms with van der Waals surface area (Å²) in [4.78, 5) is 12.8. The zero-order valence-electron chi connectivity index (χ0n) is 19.3. The standard InChI is InChI=1S/C23H31ClN6O2/c1-13(2)19-22(26)27-12-28-23(19)29(4)14(3)16-8-18(24)17(9-25)20(21(16)32-5)15-10-30(11-15)6-7-31/h8,12-15,31H,6-7,10-11H2,1-5H3,(H2,26,27,28). The minimum absolute atomic E-state index is 0.109. The van der Waals surface area contributed by atoms with E-state index in [1.807, 2.05) is 24.9 Å². The van der Waals surface area contributed by atoms with Crippen LogP contribution in [0.1, 0.15) is 60.9 Å². The van der Waals surface area contributed by atoms with Crippen molar-refractivity contribution in [2.75, 3.05) is 51.0 Å². The highest BCUT2D eigenvalue weighted by Gasteiger charge is 2.35. The molecule has 172 valence electrons. The van der Waals surface area contributed by atoms with Crippen LogP contribution in [-0.2, 0) is 0 Å². The highest BCUT2D eigenvalue weighted by atomic mass is 35.5. The molecule has 3 N–H and O–H groups in total. The Bertz CT molecular complexity index is 1020. The SMILES string of the molecule is COc1c(C(C)N(C)c2ncnc(N)c2C(C)C)cc(Cl)c(C#N)c1C1CN(CCO)C1. The molecule has 3 rings (SSSR count). The van der Waals surface area contributed by atoms with Gasteiger partial charge in [-0.05, 0) is 18.9 Å². The number of β-amino-alcohol motifs (C(OH)–C–C–N with tert-alkyl or cyclic N) is 1. The van der Waals surface area contributed by atoms with E-state index in [0.717, 1.165) is 35.6 Å². The Morgan fingerprint density at radius 3 is 2.62 bits per heavy atom. The molecule has 8 nitrogen and oxygen atoms in total. The summed E-state index contributed by atoms with van der Waals surface area (Å²) >= 11 is 6.59. The molecule has 0 aliphatic carbocycles. The summed E-state index contributed by atoms with van der Waals surface area (Å²) in [5.74, 6) is 2.15. The number of hydrogen-bond donors (Lipinski definition) is 2. The van der Waals surface area contributed by atoms with Crippen molar-refractivity contribution in [2.45, 2.75) is 38.6 Å². The van der Waals surface area contributed by atoms with Gasteiger partial charge >= 0.3 is 0 Å². The molecule has 1 aliphatic rings. The second kappa shape index (κ2) is 9.90. The number of rotatable bonds is 8. The van der Waals surface area contributed by atoms with Gasteiger partial charge in [0.05, 0.1) is 30.3 Å². The third kappa shape index (κ3) is 4.33. The number of aliphatic hydroxyl groups is 1. The summed E-state index contributed by atoms with van der Waals surface area (Å²) in [6.07, 6.45) is 1.47. The van der Waals surface area contributed by atoms with Crippen LogP contribution >= 0.6 is 11.6 Å². The molecule has 2 aromatic rings. The number of aromatic nitrogens is 2. The third-order valence-corrected chi connectivity index (χ3v) is 6.53. The van der Waals surface area contributed by atoms with E-state index >= 15 is 0 Å². The van der Waals surface area contributed by atoms with Crippen molar-refractivity contribution < 1.29 is 9.84 Å². The number of benzene rings is 1. The van der Waals surface area contributed by atoms with Gasteiger partial charge in [0.15, 0.2) is 0 Å². The van der Waals surface area contributed by atoms with Gasteiger partial charge in [0.25, 0.3) is 0 Å². The van der Waals surface area contributed by atoms with Crippen molar-refractivity contribution >= 4 is 23.2 Å². The summed E-state index contributed by atoms with van der Waals surface area (Å²) in [6, 6.07) is 3.92. The number of nitrogens with zero attached hydrogens (tertiary/aromatic N) is 5. The Morgan fingerprint density at radius 1 is 1.38 bits per heavy atom. The minimum atomic E-state index is -0.158. The highest BCUT2D eigenvalue weighted by Crippen LogP contribution is 2.45. The van der Waals surface area contributed by atoms with E-state index in [1.54, 1.807) is 7.11 Å². The largest absolute Gasteiger partial charge is 0.496 e. The monoisotopic (exact) mass is 458 g/mol. The van der Waals surface area contributed by atoms with E-state index in [9.17, 15) is 10.4 Å². The van der Waals surface area contributed by atoms with E-state index in [0.29, 0.717) is 28.7 Å². The molecule has 32 heavy (non-hydrogen) atoms. The maximum atomic E-state index is 9.82. The zero-order chi connectivity index (χ0) is 23.6. The molecular weight excluding hydrogens is 428 g/mol. The van der Waals surface area contributed by atoms with Gasteiger partial charge in [0.1, 0.15) is 29.8 Å². The van der Waals surface area contributed by atoms with Crippen LogP contribution in [0.15, 0.2) is 12.4 Å². The van der Waals surface area contributed by atoms with Crippen LogP contribution in [0.3, 0.4) is 0 Å². The van der Waals surface area contributed by atoms with Gasteiger partial charge in [-0.2, -0.15) is 5.26 Å². The first-order chi connectivity index (χ1) is 15.2. The summed E-state index contributed by atoms with van der Waals surface area (Å²) in [5, 5.41) is 19.4. The molecule has 1 aliphatic heterocycles. The first kappa shape index (κ1) is 24.1. The van der Waals surface area contributed by atoms with Crippen molar-refractivity contribution in [2.24, 2.45) is 0 Å². The molecule has 1 saturated heterocycles. The Kier molecular flexibility index (Phi) is 7.44. The second-order valence-electron chi connectivity index (χ2n) is 8.50. The lowest BCUT2D eigenvalue weighted by Crippen LogP contribution is -2.46. The lowest BCUT2D eigenvalue weighted by molar-refractivity contribution is 0.114. The number of likely N-dealkylation sites (tertiary alicyclic amines) is 1. The van der Waals surface area contributed by atoms with Gasteiger partial charge < -0.3 is 20.5 Å². The number of ether oxygens (including phenoxy) is 1. The topological polar surface area (TPSA) is 112 Å². The summed E-state index contributed by atoms with van der Waals surface area (Å²) < 4.78 is 5.87. The summed E-state index contributed by atoms with van der Waals surface area (Å²) in [5.41, 5.74) is 9.21. The van der Waals surface area contributed by atoms with Crippen LogP contribution in [0.2, 0.25) is 5.02 Å². The number of anilines is 2. The number of nitriles is 1. The molecule has 1 unspecified atom stereocenters. The minimum Gasteiger partial charge on any atom is -0.496 e. The van der Waals surface area contributed by atoms with Gasteiger partial charge in [-0.3, -0.25) is 4.90 Å². The molecule has 0 amide bonds. The van der Waals surface area contributed by atoms with Gasteiger partial charge in [-0.1, -0.05) is 25.4 Å². The second-order valence-corrected chi connectivity index (χ2v) is 8.91. The molecule has 2 heterocycles. The number of aliphatic hydroxyl groups excluding tert-OH is 1. The van der Waals surface area contributed by atoms with Crippen LogP contribution in [0.25, 0.3) is 0 Å². The summed E-state index contributed by atoms with van der Waals surface area (Å²) in [6.45, 7) is 8.38. The first-order valence-corrected chi connectivity index (χ1v) is 11.1. The van der Waals surface area contributed by atoms with E-state index in [1.165, 1.54) is 6.33 Å². The first-order valence-electron chi connectivity index (χ1n) is 10.7. The fraction of sp³-hybridized carbons (Fsp3) is 0.522. The normalized spacial score (nSPS) is 15.3. The zero-order valence-corrected chi connectivity index (χ0v) is 20.0. The molecule has 1 atom stereocenters. The fourth-order valence-electron chi connectivity index (χ4n) is 4.42. The Morgan fingerprint density at radius 2 is 2.06 bits per heavy atom. The van der Waals surface area contributed by atoms with E-state index in [2.05, 4.69) is 34.8 Å². The lowest BCUT2D eigenvalue weighted by Gasteiger charge is -2.41. The van der Waals surface area contributed by atoms with Gasteiger partial charge in [0, 0.05) is 49.3 Å². The van der Waals surface area contributed by atoms with E-state index < -0.39 is 0 Å². The van der Waals surface area contributed by atoms with E-state index in [4.69, 9.17) is 22.1 Å². The van der Waals surface area contributed by atoms with Crippen molar-refractivity contribution in [3.63, 3.8) is 0 Å². The predicted octanol–water partition coefficient (Wildman–Crippen LogP) is 3.30. The number of hydrogen-bond acceptors (Lipinski definition) is 8. The predicted molar refractivity (Wildman–Crippen MR) is 126 cm³/mol. The average Bonchev–Trinajstić information content (AvgIpc) is 2.73. The third-order valence-electron chi connectivity index (χ3n) is 6.23. The average molecular weight is 459 g/mol. The molecule has 1 aromatic heterocycles. The van der Waals surface area contributed by atoms with Crippen LogP contribution in [0.4, 0.5) is 11.6 Å². The number of nitrogen functional groups attached to an aromatic ring is 1. The van der Waals surface area contributed by atoms with Crippen molar-refractivity contribution in [1.29, 1.82) is 5.26 Å². The Hall–Kier alpha value is -2.60. The van der Waals surface area contributed by atoms with E-state index in [-0.39, 0.29) is 24.5 Å². The number of nitrogens with two attached hydrogens (primary N) is 1. The fourth-order valence-corrected chi connectivity index (χ4v) is 4.68. The quantitative estimate of drug-likeness (QED) is 0.619. The molecule has 9 heteroatoms. The van der Waals surface area contributed by atoms with Crippen LogP contribution in [0, 0.1) is 11.3 Å². The maximum Gasteiger partial charge on any atom is 0.137 e. The highest BCUT2D eigenvalue weighted by molar-refractivity contribution is 6.32. The molecule has 0 saturated carbocycles. The Labute approximate surface area is 194 Å².